The van der Waals surface area contributed by atoms with Gasteiger partial charge in [-0.25, -0.2) is 13.2 Å². The molecule has 7 heteroatoms. The van der Waals surface area contributed by atoms with Crippen molar-refractivity contribution in [3.63, 3.8) is 0 Å². The number of hydrogen-bond acceptors (Lipinski definition) is 2. The first-order valence-electron chi connectivity index (χ1n) is 5.40. The lowest BCUT2D eigenvalue weighted by atomic mass is 10.0. The van der Waals surface area contributed by atoms with Crippen molar-refractivity contribution in [3.8, 4) is 0 Å². The number of fused-ring (bicyclic) bond motifs is 1. The van der Waals surface area contributed by atoms with E-state index in [0.717, 1.165) is 4.90 Å². The minimum Gasteiger partial charge on any atom is -0.294 e. The van der Waals surface area contributed by atoms with Gasteiger partial charge in [-0.3, -0.25) is 14.4 Å². The standard InChI is InChI=1S/C11H12F3N3O/c1-6(12)11(18)17-8(10(13)14)4-3-7-9(17)5-15-16(7)2/h5,8,10H,1,3-4H2,2H3. The first kappa shape index (κ1) is 12.7. The van der Waals surface area contributed by atoms with Gasteiger partial charge < -0.3 is 0 Å². The molecule has 4 nitrogen and oxygen atoms in total. The highest BCUT2D eigenvalue weighted by Crippen LogP contribution is 2.33. The molecule has 1 aliphatic rings. The van der Waals surface area contributed by atoms with Crippen LogP contribution in [0.15, 0.2) is 18.6 Å². The van der Waals surface area contributed by atoms with Crippen LogP contribution in [0.3, 0.4) is 0 Å². The molecule has 1 aromatic heterocycles. The molecule has 0 radical (unpaired) electrons. The first-order valence-corrected chi connectivity index (χ1v) is 5.40. The highest BCUT2D eigenvalue weighted by Gasteiger charge is 2.39. The van der Waals surface area contributed by atoms with Crippen molar-refractivity contribution in [2.45, 2.75) is 25.3 Å². The molecule has 0 bridgehead atoms. The fourth-order valence-corrected chi connectivity index (χ4v) is 2.16. The molecule has 0 fully saturated rings. The lowest BCUT2D eigenvalue weighted by Gasteiger charge is -2.34. The molecular weight excluding hydrogens is 247 g/mol. The predicted octanol–water partition coefficient (Wildman–Crippen LogP) is 1.82. The third-order valence-electron chi connectivity index (χ3n) is 3.05. The molecule has 98 valence electrons. The topological polar surface area (TPSA) is 38.1 Å². The van der Waals surface area contributed by atoms with Gasteiger partial charge in [0.2, 0.25) is 0 Å². The summed E-state index contributed by atoms with van der Waals surface area (Å²) in [4.78, 5) is 12.4. The van der Waals surface area contributed by atoms with Crippen LogP contribution in [0.2, 0.25) is 0 Å². The second-order valence-corrected chi connectivity index (χ2v) is 4.12. The predicted molar refractivity (Wildman–Crippen MR) is 59.1 cm³/mol. The number of aryl methyl sites for hydroxylation is 1. The minimum atomic E-state index is -2.73. The average Bonchev–Trinajstić information content (AvgIpc) is 2.69. The van der Waals surface area contributed by atoms with E-state index in [-0.39, 0.29) is 12.1 Å². The van der Waals surface area contributed by atoms with Gasteiger partial charge >= 0.3 is 0 Å². The van der Waals surface area contributed by atoms with E-state index in [1.165, 1.54) is 10.9 Å². The molecule has 1 aliphatic heterocycles. The minimum absolute atomic E-state index is 0.0726. The lowest BCUT2D eigenvalue weighted by Crippen LogP contribution is -2.47. The molecule has 1 aromatic rings. The van der Waals surface area contributed by atoms with E-state index in [9.17, 15) is 18.0 Å². The molecule has 2 rings (SSSR count). The zero-order chi connectivity index (χ0) is 13.4. The number of aromatic nitrogens is 2. The number of amides is 1. The molecule has 18 heavy (non-hydrogen) atoms. The smallest absolute Gasteiger partial charge is 0.286 e. The molecule has 1 atom stereocenters. The molecule has 0 N–H and O–H groups in total. The summed E-state index contributed by atoms with van der Waals surface area (Å²) in [6.07, 6.45) is -0.987. The number of hydrogen-bond donors (Lipinski definition) is 0. The van der Waals surface area contributed by atoms with E-state index < -0.39 is 24.2 Å². The van der Waals surface area contributed by atoms with Gasteiger partial charge in [-0.2, -0.15) is 5.10 Å². The number of rotatable bonds is 2. The van der Waals surface area contributed by atoms with Crippen LogP contribution in [0.4, 0.5) is 18.9 Å². The zero-order valence-corrected chi connectivity index (χ0v) is 9.74. The van der Waals surface area contributed by atoms with E-state index >= 15 is 0 Å². The van der Waals surface area contributed by atoms with Crippen LogP contribution < -0.4 is 4.90 Å². The first-order chi connectivity index (χ1) is 8.43. The summed E-state index contributed by atoms with van der Waals surface area (Å²) in [5.74, 6) is -2.38. The third-order valence-corrected chi connectivity index (χ3v) is 3.05. The van der Waals surface area contributed by atoms with Crippen LogP contribution in [-0.2, 0) is 18.3 Å². The average molecular weight is 259 g/mol. The van der Waals surface area contributed by atoms with Gasteiger partial charge in [-0.1, -0.05) is 6.58 Å². The van der Waals surface area contributed by atoms with Crippen molar-refractivity contribution >= 4 is 11.6 Å². The maximum Gasteiger partial charge on any atom is 0.286 e. The van der Waals surface area contributed by atoms with Crippen LogP contribution in [0.1, 0.15) is 12.1 Å². The normalized spacial score (nSPS) is 18.9. The van der Waals surface area contributed by atoms with Gasteiger partial charge in [0.25, 0.3) is 12.3 Å². The highest BCUT2D eigenvalue weighted by atomic mass is 19.3. The summed E-state index contributed by atoms with van der Waals surface area (Å²) in [6, 6.07) is -1.33. The summed E-state index contributed by atoms with van der Waals surface area (Å²) < 4.78 is 40.3. The van der Waals surface area contributed by atoms with Crippen molar-refractivity contribution in [1.82, 2.24) is 9.78 Å². The summed E-state index contributed by atoms with van der Waals surface area (Å²) in [6.45, 7) is 2.87. The van der Waals surface area contributed by atoms with Gasteiger partial charge in [0.15, 0.2) is 5.83 Å². The van der Waals surface area contributed by atoms with Crippen LogP contribution in [-0.4, -0.2) is 28.2 Å². The number of halogens is 3. The van der Waals surface area contributed by atoms with Crippen molar-refractivity contribution in [2.75, 3.05) is 4.90 Å². The number of carbonyl (C=O) groups is 1. The lowest BCUT2D eigenvalue weighted by molar-refractivity contribution is -0.117. The van der Waals surface area contributed by atoms with Gasteiger partial charge in [-0.15, -0.1) is 0 Å². The molecule has 0 saturated heterocycles. The third kappa shape index (κ3) is 1.89. The molecule has 0 spiro atoms. The molecule has 0 saturated carbocycles. The fourth-order valence-electron chi connectivity index (χ4n) is 2.16. The number of carbonyl (C=O) groups excluding carboxylic acids is 1. The Kier molecular flexibility index (Phi) is 3.14. The van der Waals surface area contributed by atoms with Gasteiger partial charge in [-0.05, 0) is 12.8 Å². The largest absolute Gasteiger partial charge is 0.294 e. The number of nitrogens with zero attached hydrogens (tertiary/aromatic N) is 3. The number of anilines is 1. The molecule has 2 heterocycles. The van der Waals surface area contributed by atoms with E-state index in [2.05, 4.69) is 11.7 Å². The fraction of sp³-hybridized carbons (Fsp3) is 0.455. The SMILES string of the molecule is C=C(F)C(=O)N1c2cnn(C)c2CCC1C(F)F. The Morgan fingerprint density at radius 1 is 1.61 bits per heavy atom. The van der Waals surface area contributed by atoms with Crippen LogP contribution in [0, 0.1) is 0 Å². The van der Waals surface area contributed by atoms with Crippen molar-refractivity contribution in [1.29, 1.82) is 0 Å². The summed E-state index contributed by atoms with van der Waals surface area (Å²) in [7, 11) is 1.65. The Hall–Kier alpha value is -1.79. The van der Waals surface area contributed by atoms with Gasteiger partial charge in [0.1, 0.15) is 0 Å². The monoisotopic (exact) mass is 259 g/mol. The zero-order valence-electron chi connectivity index (χ0n) is 9.74. The Balaban J connectivity index is 2.47. The maximum absolute atomic E-state index is 13.0. The molecule has 0 aliphatic carbocycles. The summed E-state index contributed by atoms with van der Waals surface area (Å²) >= 11 is 0. The second kappa shape index (κ2) is 4.47. The molecular formula is C11H12F3N3O. The van der Waals surface area contributed by atoms with Crippen LogP contribution in [0.5, 0.6) is 0 Å². The Bertz CT molecular complexity index is 498. The van der Waals surface area contributed by atoms with Crippen LogP contribution >= 0.6 is 0 Å². The van der Waals surface area contributed by atoms with Crippen molar-refractivity contribution in [2.24, 2.45) is 7.05 Å². The van der Waals surface area contributed by atoms with E-state index in [1.54, 1.807) is 7.05 Å². The molecule has 0 aromatic carbocycles. The number of alkyl halides is 2. The Labute approximate surface area is 102 Å². The highest BCUT2D eigenvalue weighted by molar-refractivity contribution is 6.04. The van der Waals surface area contributed by atoms with Gasteiger partial charge in [0.05, 0.1) is 23.6 Å². The van der Waals surface area contributed by atoms with Gasteiger partial charge in [0, 0.05) is 7.05 Å². The summed E-state index contributed by atoms with van der Waals surface area (Å²) in [5.41, 5.74) is 0.874. The van der Waals surface area contributed by atoms with Crippen LogP contribution in [0.25, 0.3) is 0 Å². The maximum atomic E-state index is 13.0. The van der Waals surface area contributed by atoms with E-state index in [1.807, 2.05) is 0 Å². The van der Waals surface area contributed by atoms with E-state index in [0.29, 0.717) is 12.1 Å². The summed E-state index contributed by atoms with van der Waals surface area (Å²) in [5, 5.41) is 3.91. The Morgan fingerprint density at radius 2 is 2.28 bits per heavy atom. The quantitative estimate of drug-likeness (QED) is 0.760. The van der Waals surface area contributed by atoms with Crippen molar-refractivity contribution < 1.29 is 18.0 Å². The Morgan fingerprint density at radius 3 is 2.83 bits per heavy atom. The van der Waals surface area contributed by atoms with E-state index in [4.69, 9.17) is 0 Å². The molecule has 1 amide bonds. The second-order valence-electron chi connectivity index (χ2n) is 4.12. The van der Waals surface area contributed by atoms with Crippen molar-refractivity contribution in [3.05, 3.63) is 24.3 Å². The molecule has 1 unspecified atom stereocenters.